The fourth-order valence-corrected chi connectivity index (χ4v) is 4.65. The van der Waals surface area contributed by atoms with Gasteiger partial charge in [0.25, 0.3) is 5.56 Å². The molecule has 2 fully saturated rings. The number of hydrogen-bond acceptors (Lipinski definition) is 8. The van der Waals surface area contributed by atoms with Gasteiger partial charge in [0, 0.05) is 25.7 Å². The largest absolute Gasteiger partial charge is 0.378 e. The van der Waals surface area contributed by atoms with Crippen molar-refractivity contribution in [3.8, 4) is 10.6 Å². The number of halogens is 1. The van der Waals surface area contributed by atoms with E-state index in [9.17, 15) is 4.79 Å². The topological polar surface area (TPSA) is 95.2 Å². The van der Waals surface area contributed by atoms with E-state index in [0.29, 0.717) is 48.6 Å². The van der Waals surface area contributed by atoms with Crippen molar-refractivity contribution >= 4 is 45.7 Å². The quantitative estimate of drug-likeness (QED) is 0.578. The molecule has 0 amide bonds. The number of fused-ring (bicyclic) bond motifs is 1. The third kappa shape index (κ3) is 4.09. The summed E-state index contributed by atoms with van der Waals surface area (Å²) in [6.45, 7) is 4.53. The van der Waals surface area contributed by atoms with Crippen LogP contribution in [0.15, 0.2) is 29.1 Å². The summed E-state index contributed by atoms with van der Waals surface area (Å²) in [5, 5.41) is 7.53. The highest BCUT2D eigenvalue weighted by Crippen LogP contribution is 2.32. The Morgan fingerprint density at radius 1 is 1.21 bits per heavy atom. The van der Waals surface area contributed by atoms with Gasteiger partial charge in [-0.1, -0.05) is 12.1 Å². The third-order valence-electron chi connectivity index (χ3n) is 5.13. The Hall–Kier alpha value is -2.20. The molecule has 1 atom stereocenters. The van der Waals surface area contributed by atoms with Crippen molar-refractivity contribution in [3.05, 3.63) is 34.6 Å². The van der Waals surface area contributed by atoms with E-state index in [1.54, 1.807) is 0 Å². The molecule has 4 heterocycles. The molecule has 0 aliphatic carbocycles. The zero-order chi connectivity index (χ0) is 18.9. The number of nitrogens with zero attached hydrogens (tertiary/aromatic N) is 3. The second kappa shape index (κ2) is 8.66. The van der Waals surface area contributed by atoms with Crippen LogP contribution >= 0.6 is 23.7 Å². The number of nitrogens with one attached hydrogen (secondary N) is 3. The molecule has 2 aliphatic heterocycles. The van der Waals surface area contributed by atoms with E-state index in [-0.39, 0.29) is 24.0 Å². The predicted octanol–water partition coefficient (Wildman–Crippen LogP) is 2.08. The number of ether oxygens (including phenoxy) is 1. The smallest absolute Gasteiger partial charge is 0.264 e. The Labute approximate surface area is 178 Å². The number of anilines is 2. The van der Waals surface area contributed by atoms with Crippen LogP contribution in [0.2, 0.25) is 0 Å². The van der Waals surface area contributed by atoms with Gasteiger partial charge >= 0.3 is 0 Å². The van der Waals surface area contributed by atoms with Gasteiger partial charge in [0.15, 0.2) is 0 Å². The molecule has 10 heteroatoms. The lowest BCUT2D eigenvalue weighted by molar-refractivity contribution is 0.122. The number of aromatic nitrogens is 3. The van der Waals surface area contributed by atoms with Crippen molar-refractivity contribution in [2.75, 3.05) is 49.6 Å². The maximum Gasteiger partial charge on any atom is 0.264 e. The van der Waals surface area contributed by atoms with E-state index in [1.165, 1.54) is 11.3 Å². The number of rotatable bonds is 4. The average molecular weight is 435 g/mol. The summed E-state index contributed by atoms with van der Waals surface area (Å²) in [7, 11) is 0. The first-order valence-corrected chi connectivity index (χ1v) is 10.4. The SMILES string of the molecule is Cl.O=c1[nH]c(N2CCOCC2)nc(N[C@@H]2CCNC2)c1-c1nc2ccccc2s1. The first-order valence-electron chi connectivity index (χ1n) is 9.58. The minimum atomic E-state index is -0.163. The van der Waals surface area contributed by atoms with Gasteiger partial charge in [-0.05, 0) is 25.1 Å². The fraction of sp³-hybridized carbons (Fsp3) is 0.421. The van der Waals surface area contributed by atoms with Crippen molar-refractivity contribution in [1.29, 1.82) is 0 Å². The number of morpholine rings is 1. The Kier molecular flexibility index (Phi) is 6.00. The van der Waals surface area contributed by atoms with Crippen LogP contribution in [-0.2, 0) is 4.74 Å². The maximum absolute atomic E-state index is 13.1. The zero-order valence-corrected chi connectivity index (χ0v) is 17.4. The van der Waals surface area contributed by atoms with Crippen LogP contribution in [0.5, 0.6) is 0 Å². The number of para-hydroxylation sites is 1. The van der Waals surface area contributed by atoms with Crippen LogP contribution < -0.4 is 21.1 Å². The molecule has 0 saturated carbocycles. The van der Waals surface area contributed by atoms with Gasteiger partial charge in [-0.15, -0.1) is 23.7 Å². The second-order valence-electron chi connectivity index (χ2n) is 7.03. The van der Waals surface area contributed by atoms with Gasteiger partial charge in [0.05, 0.1) is 23.4 Å². The molecule has 8 nitrogen and oxygen atoms in total. The van der Waals surface area contributed by atoms with E-state index < -0.39 is 0 Å². The van der Waals surface area contributed by atoms with Crippen LogP contribution in [0.25, 0.3) is 20.8 Å². The molecule has 2 saturated heterocycles. The highest BCUT2D eigenvalue weighted by molar-refractivity contribution is 7.21. The summed E-state index contributed by atoms with van der Waals surface area (Å²) < 4.78 is 6.48. The number of thiazole rings is 1. The number of benzene rings is 1. The van der Waals surface area contributed by atoms with E-state index in [0.717, 1.165) is 29.7 Å². The molecule has 2 aromatic heterocycles. The van der Waals surface area contributed by atoms with Gasteiger partial charge < -0.3 is 20.3 Å². The normalized spacial score (nSPS) is 19.3. The Bertz CT molecular complexity index is 1010. The molecule has 0 radical (unpaired) electrons. The lowest BCUT2D eigenvalue weighted by Crippen LogP contribution is -2.38. The Balaban J connectivity index is 0.00000205. The molecule has 0 bridgehead atoms. The van der Waals surface area contributed by atoms with Gasteiger partial charge in [-0.2, -0.15) is 4.98 Å². The average Bonchev–Trinajstić information content (AvgIpc) is 3.37. The van der Waals surface area contributed by atoms with Crippen LogP contribution in [0.4, 0.5) is 11.8 Å². The monoisotopic (exact) mass is 434 g/mol. The van der Waals surface area contributed by atoms with E-state index >= 15 is 0 Å². The predicted molar refractivity (Wildman–Crippen MR) is 119 cm³/mol. The summed E-state index contributed by atoms with van der Waals surface area (Å²) in [6.07, 6.45) is 1.00. The lowest BCUT2D eigenvalue weighted by atomic mass is 10.2. The van der Waals surface area contributed by atoms with E-state index in [2.05, 4.69) is 20.5 Å². The first-order chi connectivity index (χ1) is 13.8. The second-order valence-corrected chi connectivity index (χ2v) is 8.06. The molecular weight excluding hydrogens is 412 g/mol. The van der Waals surface area contributed by atoms with Crippen molar-refractivity contribution in [3.63, 3.8) is 0 Å². The maximum atomic E-state index is 13.1. The van der Waals surface area contributed by atoms with Gasteiger partial charge in [0.1, 0.15) is 16.4 Å². The summed E-state index contributed by atoms with van der Waals surface area (Å²) in [5.74, 6) is 1.20. The zero-order valence-electron chi connectivity index (χ0n) is 15.8. The van der Waals surface area contributed by atoms with Crippen molar-refractivity contribution in [2.24, 2.45) is 0 Å². The molecule has 3 N–H and O–H groups in total. The van der Waals surface area contributed by atoms with Gasteiger partial charge in [-0.25, -0.2) is 4.98 Å². The van der Waals surface area contributed by atoms with Gasteiger partial charge in [0.2, 0.25) is 5.95 Å². The molecule has 29 heavy (non-hydrogen) atoms. The first kappa shape index (κ1) is 20.1. The lowest BCUT2D eigenvalue weighted by Gasteiger charge is -2.28. The van der Waals surface area contributed by atoms with E-state index in [1.807, 2.05) is 24.3 Å². The number of aromatic amines is 1. The number of H-pyrrole nitrogens is 1. The molecule has 0 spiro atoms. The fourth-order valence-electron chi connectivity index (χ4n) is 3.64. The molecule has 5 rings (SSSR count). The van der Waals surface area contributed by atoms with Crippen LogP contribution in [-0.4, -0.2) is 60.4 Å². The molecule has 3 aromatic rings. The summed E-state index contributed by atoms with van der Waals surface area (Å²) in [6, 6.07) is 8.18. The highest BCUT2D eigenvalue weighted by atomic mass is 35.5. The minimum Gasteiger partial charge on any atom is -0.378 e. The molecule has 154 valence electrons. The standard InChI is InChI=1S/C19H22N6O2S.ClH/c26-17-15(18-22-13-3-1-2-4-14(13)28-18)16(21-12-5-6-20-11-12)23-19(24-17)25-7-9-27-10-8-25;/h1-4,12,20H,5-11H2,(H2,21,23,24,26);1H/t12-;/m1./s1. The Morgan fingerprint density at radius 3 is 2.79 bits per heavy atom. The molecule has 2 aliphatic rings. The van der Waals surface area contributed by atoms with Crippen LogP contribution in [0.3, 0.4) is 0 Å². The molecule has 1 aromatic carbocycles. The molecule has 0 unspecified atom stereocenters. The van der Waals surface area contributed by atoms with Crippen LogP contribution in [0, 0.1) is 0 Å². The minimum absolute atomic E-state index is 0. The number of hydrogen-bond donors (Lipinski definition) is 3. The molecular formula is C19H23ClN6O2S. The summed E-state index contributed by atoms with van der Waals surface area (Å²) in [4.78, 5) is 27.6. The van der Waals surface area contributed by atoms with Crippen molar-refractivity contribution in [2.45, 2.75) is 12.5 Å². The summed E-state index contributed by atoms with van der Waals surface area (Å²) >= 11 is 1.52. The van der Waals surface area contributed by atoms with Crippen molar-refractivity contribution in [1.82, 2.24) is 20.3 Å². The third-order valence-corrected chi connectivity index (χ3v) is 6.18. The summed E-state index contributed by atoms with van der Waals surface area (Å²) in [5.41, 5.74) is 1.25. The van der Waals surface area contributed by atoms with Gasteiger partial charge in [-0.3, -0.25) is 9.78 Å². The highest BCUT2D eigenvalue weighted by Gasteiger charge is 2.24. The van der Waals surface area contributed by atoms with Crippen LogP contribution in [0.1, 0.15) is 6.42 Å². The van der Waals surface area contributed by atoms with E-state index in [4.69, 9.17) is 14.7 Å². The Morgan fingerprint density at radius 2 is 2.03 bits per heavy atom. The van der Waals surface area contributed by atoms with Crippen molar-refractivity contribution < 1.29 is 4.74 Å².